The second-order valence-electron chi connectivity index (χ2n) is 6.03. The number of nitrogens with zero attached hydrogens (tertiary/aromatic N) is 1. The fraction of sp³-hybridized carbons (Fsp3) is 0.143. The van der Waals surface area contributed by atoms with Gasteiger partial charge in [-0.1, -0.05) is 48.0 Å². The van der Waals surface area contributed by atoms with Crippen molar-refractivity contribution in [2.75, 3.05) is 0 Å². The van der Waals surface area contributed by atoms with E-state index >= 15 is 0 Å². The van der Waals surface area contributed by atoms with E-state index < -0.39 is 6.10 Å². The number of carbonyl (C=O) groups is 1. The first kappa shape index (κ1) is 17.5. The molecule has 0 heterocycles. The number of benzene rings is 3. The Balaban J connectivity index is 1.67. The van der Waals surface area contributed by atoms with Gasteiger partial charge >= 0.3 is 0 Å². The summed E-state index contributed by atoms with van der Waals surface area (Å²) in [5, 5.41) is 15.9. The molecule has 3 aromatic carbocycles. The van der Waals surface area contributed by atoms with Crippen LogP contribution in [0.15, 0.2) is 65.8 Å². The molecule has 0 spiro atoms. The van der Waals surface area contributed by atoms with Gasteiger partial charge in [0, 0.05) is 5.56 Å². The van der Waals surface area contributed by atoms with Crippen LogP contribution in [-0.2, 0) is 4.79 Å². The molecular formula is C21H20N2O3. The quantitative estimate of drug-likeness (QED) is 0.545. The second-order valence-corrected chi connectivity index (χ2v) is 6.03. The van der Waals surface area contributed by atoms with Gasteiger partial charge in [-0.3, -0.25) is 4.79 Å². The minimum atomic E-state index is -0.698. The third-order valence-corrected chi connectivity index (χ3v) is 4.02. The molecule has 1 atom stereocenters. The molecule has 0 saturated carbocycles. The Labute approximate surface area is 151 Å². The summed E-state index contributed by atoms with van der Waals surface area (Å²) >= 11 is 0. The van der Waals surface area contributed by atoms with E-state index in [1.807, 2.05) is 61.5 Å². The third-order valence-electron chi connectivity index (χ3n) is 4.02. The highest BCUT2D eigenvalue weighted by molar-refractivity contribution is 6.02. The van der Waals surface area contributed by atoms with Crippen LogP contribution in [0.1, 0.15) is 18.1 Å². The van der Waals surface area contributed by atoms with Crippen LogP contribution in [0, 0.1) is 6.92 Å². The molecule has 0 fully saturated rings. The molecule has 0 aliphatic heterocycles. The number of aryl methyl sites for hydroxylation is 1. The summed E-state index contributed by atoms with van der Waals surface area (Å²) in [7, 11) is 0. The van der Waals surface area contributed by atoms with Gasteiger partial charge in [0.1, 0.15) is 11.5 Å². The van der Waals surface area contributed by atoms with Gasteiger partial charge in [0.2, 0.25) is 0 Å². The lowest BCUT2D eigenvalue weighted by molar-refractivity contribution is -0.127. The molecule has 1 amide bonds. The Hall–Kier alpha value is -3.34. The van der Waals surface area contributed by atoms with Crippen LogP contribution < -0.4 is 10.2 Å². The van der Waals surface area contributed by atoms with Gasteiger partial charge in [0.15, 0.2) is 6.10 Å². The predicted octanol–water partition coefficient (Wildman–Crippen LogP) is 3.77. The Kier molecular flexibility index (Phi) is 5.17. The van der Waals surface area contributed by atoms with Crippen molar-refractivity contribution in [1.82, 2.24) is 5.43 Å². The molecule has 0 saturated heterocycles. The number of hydrazone groups is 1. The SMILES string of the molecule is Cc1ccc(OC(C)C(=O)NN=Cc2c(O)ccc3ccccc23)cc1. The van der Waals surface area contributed by atoms with Crippen molar-refractivity contribution in [3.63, 3.8) is 0 Å². The molecule has 0 aromatic heterocycles. The Morgan fingerprint density at radius 2 is 1.85 bits per heavy atom. The van der Waals surface area contributed by atoms with E-state index in [9.17, 15) is 9.90 Å². The summed E-state index contributed by atoms with van der Waals surface area (Å²) in [6.07, 6.45) is 0.740. The van der Waals surface area contributed by atoms with Crippen LogP contribution in [0.25, 0.3) is 10.8 Å². The standard InChI is InChI=1S/C21H20N2O3/c1-14-7-10-17(11-8-14)26-15(2)21(25)23-22-13-19-18-6-4-3-5-16(18)9-12-20(19)24/h3-13,15,24H,1-2H3,(H,23,25). The molecule has 2 N–H and O–H groups in total. The van der Waals surface area contributed by atoms with E-state index in [1.165, 1.54) is 6.21 Å². The number of phenols is 1. The van der Waals surface area contributed by atoms with Crippen molar-refractivity contribution in [3.8, 4) is 11.5 Å². The first-order chi connectivity index (χ1) is 12.5. The number of rotatable bonds is 5. The van der Waals surface area contributed by atoms with Gasteiger partial charge in [-0.15, -0.1) is 0 Å². The second kappa shape index (κ2) is 7.70. The van der Waals surface area contributed by atoms with Crippen LogP contribution in [0.5, 0.6) is 11.5 Å². The molecule has 5 nitrogen and oxygen atoms in total. The van der Waals surface area contributed by atoms with E-state index in [1.54, 1.807) is 13.0 Å². The fourth-order valence-corrected chi connectivity index (χ4v) is 2.55. The lowest BCUT2D eigenvalue weighted by Gasteiger charge is -2.13. The van der Waals surface area contributed by atoms with Gasteiger partial charge in [-0.25, -0.2) is 5.43 Å². The van der Waals surface area contributed by atoms with Crippen LogP contribution in [0.2, 0.25) is 0 Å². The highest BCUT2D eigenvalue weighted by Gasteiger charge is 2.14. The lowest BCUT2D eigenvalue weighted by atomic mass is 10.0. The Morgan fingerprint density at radius 1 is 1.12 bits per heavy atom. The largest absolute Gasteiger partial charge is 0.507 e. The minimum Gasteiger partial charge on any atom is -0.507 e. The number of ether oxygens (including phenoxy) is 1. The van der Waals surface area contributed by atoms with Crippen LogP contribution in [0.4, 0.5) is 0 Å². The number of hydrogen-bond donors (Lipinski definition) is 2. The molecule has 0 aliphatic rings. The number of amides is 1. The maximum Gasteiger partial charge on any atom is 0.280 e. The summed E-state index contributed by atoms with van der Waals surface area (Å²) in [6.45, 7) is 3.64. The summed E-state index contributed by atoms with van der Waals surface area (Å²) < 4.78 is 5.59. The molecule has 0 aliphatic carbocycles. The topological polar surface area (TPSA) is 70.9 Å². The summed E-state index contributed by atoms with van der Waals surface area (Å²) in [6, 6.07) is 18.5. The van der Waals surface area contributed by atoms with Gasteiger partial charge in [-0.2, -0.15) is 5.10 Å². The average Bonchev–Trinajstić information content (AvgIpc) is 2.65. The maximum absolute atomic E-state index is 12.1. The van der Waals surface area contributed by atoms with Crippen molar-refractivity contribution in [1.29, 1.82) is 0 Å². The number of hydrogen-bond acceptors (Lipinski definition) is 4. The number of carbonyl (C=O) groups excluding carboxylic acids is 1. The lowest BCUT2D eigenvalue weighted by Crippen LogP contribution is -2.33. The smallest absolute Gasteiger partial charge is 0.280 e. The normalized spacial score (nSPS) is 12.2. The molecule has 0 radical (unpaired) electrons. The number of nitrogens with one attached hydrogen (secondary N) is 1. The fourth-order valence-electron chi connectivity index (χ4n) is 2.55. The van der Waals surface area contributed by atoms with Crippen LogP contribution >= 0.6 is 0 Å². The zero-order valence-corrected chi connectivity index (χ0v) is 14.6. The van der Waals surface area contributed by atoms with Crippen LogP contribution in [0.3, 0.4) is 0 Å². The summed E-state index contributed by atoms with van der Waals surface area (Å²) in [5.74, 6) is 0.348. The Bertz CT molecular complexity index is 949. The summed E-state index contributed by atoms with van der Waals surface area (Å²) in [5.41, 5.74) is 4.12. The number of fused-ring (bicyclic) bond motifs is 1. The van der Waals surface area contributed by atoms with Gasteiger partial charge < -0.3 is 9.84 Å². The van der Waals surface area contributed by atoms with Crippen molar-refractivity contribution >= 4 is 22.9 Å². The maximum atomic E-state index is 12.1. The molecule has 1 unspecified atom stereocenters. The van der Waals surface area contributed by atoms with E-state index in [2.05, 4.69) is 10.5 Å². The average molecular weight is 348 g/mol. The van der Waals surface area contributed by atoms with Crippen molar-refractivity contribution in [3.05, 3.63) is 71.8 Å². The molecule has 26 heavy (non-hydrogen) atoms. The van der Waals surface area contributed by atoms with Gasteiger partial charge in [-0.05, 0) is 42.8 Å². The highest BCUT2D eigenvalue weighted by Crippen LogP contribution is 2.25. The Morgan fingerprint density at radius 3 is 2.62 bits per heavy atom. The van der Waals surface area contributed by atoms with Crippen LogP contribution in [-0.4, -0.2) is 23.3 Å². The third kappa shape index (κ3) is 4.00. The van der Waals surface area contributed by atoms with Crippen molar-refractivity contribution < 1.29 is 14.6 Å². The van der Waals surface area contributed by atoms with Crippen molar-refractivity contribution in [2.24, 2.45) is 5.10 Å². The number of phenolic OH excluding ortho intramolecular Hbond substituents is 1. The zero-order valence-electron chi connectivity index (χ0n) is 14.6. The molecular weight excluding hydrogens is 328 g/mol. The minimum absolute atomic E-state index is 0.102. The van der Waals surface area contributed by atoms with Gasteiger partial charge in [0.25, 0.3) is 5.91 Å². The molecule has 0 bridgehead atoms. The molecule has 132 valence electrons. The monoisotopic (exact) mass is 348 g/mol. The predicted molar refractivity (Wildman–Crippen MR) is 103 cm³/mol. The molecule has 3 rings (SSSR count). The molecule has 5 heteroatoms. The zero-order chi connectivity index (χ0) is 18.5. The van der Waals surface area contributed by atoms with E-state index in [-0.39, 0.29) is 11.7 Å². The first-order valence-corrected chi connectivity index (χ1v) is 8.31. The van der Waals surface area contributed by atoms with Crippen molar-refractivity contribution in [2.45, 2.75) is 20.0 Å². The molecule has 3 aromatic rings. The van der Waals surface area contributed by atoms with Gasteiger partial charge in [0.05, 0.1) is 6.21 Å². The number of aromatic hydroxyl groups is 1. The highest BCUT2D eigenvalue weighted by atomic mass is 16.5. The van der Waals surface area contributed by atoms with E-state index in [0.717, 1.165) is 16.3 Å². The first-order valence-electron chi connectivity index (χ1n) is 8.31. The van der Waals surface area contributed by atoms with E-state index in [4.69, 9.17) is 4.74 Å². The summed E-state index contributed by atoms with van der Waals surface area (Å²) in [4.78, 5) is 12.1. The van der Waals surface area contributed by atoms with E-state index in [0.29, 0.717) is 11.3 Å².